The Labute approximate surface area is 119 Å². The summed E-state index contributed by atoms with van der Waals surface area (Å²) in [5.41, 5.74) is 6.20. The fraction of sp³-hybridized carbons (Fsp3) is 0. The summed E-state index contributed by atoms with van der Waals surface area (Å²) in [6, 6.07) is 12.4. The van der Waals surface area contributed by atoms with Crippen LogP contribution in [0.1, 0.15) is 15.9 Å². The van der Waals surface area contributed by atoms with E-state index in [2.05, 4.69) is 5.32 Å². The molecule has 21 heavy (non-hydrogen) atoms. The molecule has 104 valence electrons. The minimum atomic E-state index is -0.621. The highest BCUT2D eigenvalue weighted by atomic mass is 16.6. The average Bonchev–Trinajstić information content (AvgIpc) is 2.47. The number of hydrogen-bond donors (Lipinski definition) is 2. The molecule has 2 aromatic rings. The molecule has 0 aliphatic heterocycles. The van der Waals surface area contributed by atoms with Crippen molar-refractivity contribution in [2.24, 2.45) is 5.73 Å². The van der Waals surface area contributed by atoms with E-state index in [1.54, 1.807) is 30.3 Å². The highest BCUT2D eigenvalue weighted by molar-refractivity contribution is 5.93. The number of nitriles is 1. The Hall–Kier alpha value is -3.40. The van der Waals surface area contributed by atoms with Crippen molar-refractivity contribution in [2.45, 2.75) is 0 Å². The zero-order valence-electron chi connectivity index (χ0n) is 10.7. The van der Waals surface area contributed by atoms with Gasteiger partial charge in [0.15, 0.2) is 0 Å². The quantitative estimate of drug-likeness (QED) is 0.658. The molecule has 0 radical (unpaired) electrons. The standard InChI is InChI=1S/C14H10N4O3/c15-8-10-4-5-12(7-13(10)18(20)21)17-11-3-1-2-9(6-11)14(16)19/h1-7,17H,(H2,16,19). The van der Waals surface area contributed by atoms with Gasteiger partial charge in [0, 0.05) is 23.0 Å². The maximum absolute atomic E-state index is 11.1. The molecule has 7 heteroatoms. The van der Waals surface area contributed by atoms with E-state index < -0.39 is 10.8 Å². The molecular weight excluding hydrogens is 272 g/mol. The molecular formula is C14H10N4O3. The van der Waals surface area contributed by atoms with Crippen LogP contribution in [0, 0.1) is 21.4 Å². The van der Waals surface area contributed by atoms with E-state index in [1.807, 2.05) is 0 Å². The van der Waals surface area contributed by atoms with E-state index in [1.165, 1.54) is 18.2 Å². The molecule has 2 aromatic carbocycles. The fourth-order valence-corrected chi connectivity index (χ4v) is 1.77. The Morgan fingerprint density at radius 2 is 1.95 bits per heavy atom. The second-order valence-electron chi connectivity index (χ2n) is 4.17. The first-order valence-electron chi connectivity index (χ1n) is 5.86. The Kier molecular flexibility index (Phi) is 3.81. The van der Waals surface area contributed by atoms with E-state index in [0.717, 1.165) is 0 Å². The van der Waals surface area contributed by atoms with Crippen molar-refractivity contribution in [1.82, 2.24) is 0 Å². The lowest BCUT2D eigenvalue weighted by Gasteiger charge is -2.07. The van der Waals surface area contributed by atoms with Gasteiger partial charge in [0.1, 0.15) is 11.6 Å². The molecule has 0 aliphatic carbocycles. The molecule has 2 rings (SSSR count). The first-order valence-corrected chi connectivity index (χ1v) is 5.86. The summed E-state index contributed by atoms with van der Waals surface area (Å²) in [6.45, 7) is 0. The van der Waals surface area contributed by atoms with Gasteiger partial charge in [0.2, 0.25) is 5.91 Å². The fourth-order valence-electron chi connectivity index (χ4n) is 1.77. The van der Waals surface area contributed by atoms with Gasteiger partial charge in [-0.1, -0.05) is 6.07 Å². The van der Waals surface area contributed by atoms with Crippen LogP contribution in [0.2, 0.25) is 0 Å². The third kappa shape index (κ3) is 3.13. The number of nitro benzene ring substituents is 1. The number of primary amides is 1. The molecule has 1 amide bonds. The van der Waals surface area contributed by atoms with Gasteiger partial charge in [-0.15, -0.1) is 0 Å². The number of carbonyl (C=O) groups excluding carboxylic acids is 1. The average molecular weight is 282 g/mol. The smallest absolute Gasteiger partial charge is 0.289 e. The van der Waals surface area contributed by atoms with Crippen LogP contribution >= 0.6 is 0 Å². The number of nitrogens with zero attached hydrogens (tertiary/aromatic N) is 2. The lowest BCUT2D eigenvalue weighted by molar-refractivity contribution is -0.385. The van der Waals surface area contributed by atoms with Crippen molar-refractivity contribution in [3.05, 3.63) is 63.7 Å². The largest absolute Gasteiger partial charge is 0.366 e. The topological polar surface area (TPSA) is 122 Å². The predicted molar refractivity (Wildman–Crippen MR) is 76.1 cm³/mol. The third-order valence-electron chi connectivity index (χ3n) is 2.75. The van der Waals surface area contributed by atoms with Crippen LogP contribution in [-0.2, 0) is 0 Å². The summed E-state index contributed by atoms with van der Waals surface area (Å²) in [7, 11) is 0. The molecule has 0 aromatic heterocycles. The Bertz CT molecular complexity index is 765. The first kappa shape index (κ1) is 14.0. The maximum Gasteiger partial charge on any atom is 0.289 e. The minimum Gasteiger partial charge on any atom is -0.366 e. The number of nitrogens with two attached hydrogens (primary N) is 1. The summed E-state index contributed by atoms with van der Waals surface area (Å²) in [4.78, 5) is 21.4. The minimum absolute atomic E-state index is 0.0172. The Balaban J connectivity index is 2.34. The monoisotopic (exact) mass is 282 g/mol. The van der Waals surface area contributed by atoms with Crippen LogP contribution in [0.3, 0.4) is 0 Å². The van der Waals surface area contributed by atoms with Crippen LogP contribution in [0.25, 0.3) is 0 Å². The van der Waals surface area contributed by atoms with E-state index >= 15 is 0 Å². The molecule has 7 nitrogen and oxygen atoms in total. The Morgan fingerprint density at radius 3 is 2.57 bits per heavy atom. The number of hydrogen-bond acceptors (Lipinski definition) is 5. The van der Waals surface area contributed by atoms with E-state index in [-0.39, 0.29) is 11.3 Å². The molecule has 0 bridgehead atoms. The number of benzene rings is 2. The first-order chi connectivity index (χ1) is 10.0. The van der Waals surface area contributed by atoms with Crippen LogP contribution in [0.15, 0.2) is 42.5 Å². The van der Waals surface area contributed by atoms with Crippen molar-refractivity contribution in [2.75, 3.05) is 5.32 Å². The zero-order chi connectivity index (χ0) is 15.4. The summed E-state index contributed by atoms with van der Waals surface area (Å²) >= 11 is 0. The number of nitrogens with one attached hydrogen (secondary N) is 1. The summed E-state index contributed by atoms with van der Waals surface area (Å²) in [5, 5.41) is 22.6. The Morgan fingerprint density at radius 1 is 1.24 bits per heavy atom. The van der Waals surface area contributed by atoms with Crippen LogP contribution in [0.5, 0.6) is 0 Å². The van der Waals surface area contributed by atoms with E-state index in [0.29, 0.717) is 16.9 Å². The molecule has 0 saturated carbocycles. The van der Waals surface area contributed by atoms with Gasteiger partial charge in [0.25, 0.3) is 5.69 Å². The molecule has 0 aliphatic rings. The molecule has 0 unspecified atom stereocenters. The van der Waals surface area contributed by atoms with Gasteiger partial charge >= 0.3 is 0 Å². The van der Waals surface area contributed by atoms with Crippen LogP contribution < -0.4 is 11.1 Å². The molecule has 0 atom stereocenters. The highest BCUT2D eigenvalue weighted by Crippen LogP contribution is 2.25. The summed E-state index contributed by atoms with van der Waals surface area (Å²) in [5.74, 6) is -0.565. The molecule has 3 N–H and O–H groups in total. The number of nitro groups is 1. The van der Waals surface area contributed by atoms with Gasteiger partial charge < -0.3 is 11.1 Å². The third-order valence-corrected chi connectivity index (χ3v) is 2.75. The second-order valence-corrected chi connectivity index (χ2v) is 4.17. The lowest BCUT2D eigenvalue weighted by atomic mass is 10.1. The summed E-state index contributed by atoms with van der Waals surface area (Å²) in [6.07, 6.45) is 0. The van der Waals surface area contributed by atoms with Crippen molar-refractivity contribution in [3.63, 3.8) is 0 Å². The maximum atomic E-state index is 11.1. The van der Waals surface area contributed by atoms with E-state index in [9.17, 15) is 14.9 Å². The van der Waals surface area contributed by atoms with Crippen molar-refractivity contribution >= 4 is 23.0 Å². The number of rotatable bonds is 4. The van der Waals surface area contributed by atoms with Gasteiger partial charge in [-0.3, -0.25) is 14.9 Å². The highest BCUT2D eigenvalue weighted by Gasteiger charge is 2.14. The van der Waals surface area contributed by atoms with Gasteiger partial charge in [-0.05, 0) is 30.3 Å². The number of anilines is 2. The molecule has 0 heterocycles. The van der Waals surface area contributed by atoms with Crippen LogP contribution in [0.4, 0.5) is 17.1 Å². The summed E-state index contributed by atoms with van der Waals surface area (Å²) < 4.78 is 0. The van der Waals surface area contributed by atoms with E-state index in [4.69, 9.17) is 11.0 Å². The van der Waals surface area contributed by atoms with Crippen molar-refractivity contribution in [1.29, 1.82) is 5.26 Å². The lowest BCUT2D eigenvalue weighted by Crippen LogP contribution is -2.10. The SMILES string of the molecule is N#Cc1ccc(Nc2cccc(C(N)=O)c2)cc1[N+](=O)[O-]. The predicted octanol–water partition coefficient (Wildman–Crippen LogP) is 2.31. The van der Waals surface area contributed by atoms with Crippen LogP contribution in [-0.4, -0.2) is 10.8 Å². The van der Waals surface area contributed by atoms with Crippen molar-refractivity contribution in [3.8, 4) is 6.07 Å². The normalized spacial score (nSPS) is 9.67. The van der Waals surface area contributed by atoms with Gasteiger partial charge in [-0.25, -0.2) is 0 Å². The zero-order valence-corrected chi connectivity index (χ0v) is 10.7. The number of amides is 1. The van der Waals surface area contributed by atoms with Crippen molar-refractivity contribution < 1.29 is 9.72 Å². The molecule has 0 fully saturated rings. The second kappa shape index (κ2) is 5.71. The number of carbonyl (C=O) groups is 1. The molecule has 0 saturated heterocycles. The van der Waals surface area contributed by atoms with Gasteiger partial charge in [0.05, 0.1) is 4.92 Å². The molecule has 0 spiro atoms. The van der Waals surface area contributed by atoms with Gasteiger partial charge in [-0.2, -0.15) is 5.26 Å².